The monoisotopic (exact) mass is 473 g/mol. The Kier molecular flexibility index (Phi) is 9.47. The Morgan fingerprint density at radius 2 is 1.31 bits per heavy atom. The smallest absolute Gasteiger partial charge is 0.302 e. The highest BCUT2D eigenvalue weighted by atomic mass is 16.5. The van der Waals surface area contributed by atoms with Gasteiger partial charge in [0, 0.05) is 30.9 Å². The predicted octanol–water partition coefficient (Wildman–Crippen LogP) is 6.76. The fourth-order valence-corrected chi connectivity index (χ4v) is 4.01. The van der Waals surface area contributed by atoms with E-state index >= 15 is 0 Å². The summed E-state index contributed by atoms with van der Waals surface area (Å²) in [5.74, 6) is -0.487. The van der Waals surface area contributed by atoms with Gasteiger partial charge in [0.1, 0.15) is 0 Å². The summed E-state index contributed by atoms with van der Waals surface area (Å²) >= 11 is 0. The molecule has 0 radical (unpaired) electrons. The average molecular weight is 474 g/mol. The quantitative estimate of drug-likeness (QED) is 0.227. The lowest BCUT2D eigenvalue weighted by molar-refractivity contribution is -0.142. The number of anilines is 3. The molecule has 5 heteroatoms. The Morgan fingerprint density at radius 3 is 1.94 bits per heavy atom. The molecule has 0 aliphatic rings. The number of esters is 2. The van der Waals surface area contributed by atoms with E-state index in [9.17, 15) is 9.59 Å². The molecule has 0 bridgehead atoms. The molecule has 0 N–H and O–H groups in total. The topological polar surface area (TPSA) is 55.8 Å². The van der Waals surface area contributed by atoms with Crippen LogP contribution in [0.3, 0.4) is 0 Å². The fourth-order valence-electron chi connectivity index (χ4n) is 4.01. The maximum absolute atomic E-state index is 11.1. The number of carbonyl (C=O) groups excluding carboxylic acids is 2. The fraction of sp³-hybridized carbons (Fsp3) is 0.333. The molecule has 0 atom stereocenters. The normalized spacial score (nSPS) is 10.6. The molecule has 0 aromatic heterocycles. The second-order valence-corrected chi connectivity index (χ2v) is 8.79. The minimum Gasteiger partial charge on any atom is -0.466 e. The molecule has 35 heavy (non-hydrogen) atoms. The van der Waals surface area contributed by atoms with Gasteiger partial charge >= 0.3 is 11.9 Å². The zero-order valence-corrected chi connectivity index (χ0v) is 21.2. The molecule has 3 aromatic rings. The number of benzene rings is 3. The van der Waals surface area contributed by atoms with E-state index in [1.807, 2.05) is 0 Å². The second kappa shape index (κ2) is 12.7. The molecule has 0 spiro atoms. The van der Waals surface area contributed by atoms with Crippen LogP contribution in [0.15, 0.2) is 66.7 Å². The van der Waals surface area contributed by atoms with Gasteiger partial charge < -0.3 is 14.4 Å². The maximum Gasteiger partial charge on any atom is 0.302 e. The molecular formula is C30H35NO4. The number of hydrogen-bond donors (Lipinski definition) is 0. The van der Waals surface area contributed by atoms with Crippen LogP contribution in [-0.2, 0) is 31.9 Å². The van der Waals surface area contributed by atoms with E-state index in [0.29, 0.717) is 13.2 Å². The Bertz CT molecular complexity index is 1140. The van der Waals surface area contributed by atoms with Gasteiger partial charge in [0.15, 0.2) is 0 Å². The SMILES string of the molecule is CC(=O)OCCCc1ccc(N(c2ccc(C)c(C)c2)c2ccccc2CCCOC(C)=O)cc1. The molecule has 3 rings (SSSR count). The number of aryl methyl sites for hydroxylation is 4. The Labute approximate surface area is 208 Å². The molecule has 0 aliphatic carbocycles. The summed E-state index contributed by atoms with van der Waals surface area (Å²) in [5, 5.41) is 0. The summed E-state index contributed by atoms with van der Waals surface area (Å²) in [6.07, 6.45) is 3.21. The minimum atomic E-state index is -0.247. The van der Waals surface area contributed by atoms with E-state index in [0.717, 1.165) is 42.7 Å². The number of ether oxygens (including phenoxy) is 2. The summed E-state index contributed by atoms with van der Waals surface area (Å²) in [5.41, 5.74) is 8.18. The molecule has 0 heterocycles. The van der Waals surface area contributed by atoms with Crippen molar-refractivity contribution in [3.05, 3.63) is 89.0 Å². The Hall–Kier alpha value is -3.60. The van der Waals surface area contributed by atoms with Crippen molar-refractivity contribution in [1.82, 2.24) is 0 Å². The summed E-state index contributed by atoms with van der Waals surface area (Å²) in [7, 11) is 0. The van der Waals surface area contributed by atoms with Crippen LogP contribution in [0.2, 0.25) is 0 Å². The summed E-state index contributed by atoms with van der Waals surface area (Å²) in [4.78, 5) is 24.4. The lowest BCUT2D eigenvalue weighted by atomic mass is 10.0. The van der Waals surface area contributed by atoms with Crippen LogP contribution in [0.5, 0.6) is 0 Å². The molecule has 0 unspecified atom stereocenters. The van der Waals surface area contributed by atoms with Gasteiger partial charge in [-0.05, 0) is 92.1 Å². The van der Waals surface area contributed by atoms with Gasteiger partial charge in [-0.3, -0.25) is 9.59 Å². The summed E-state index contributed by atoms with van der Waals surface area (Å²) < 4.78 is 10.2. The molecule has 0 fully saturated rings. The van der Waals surface area contributed by atoms with E-state index in [-0.39, 0.29) is 11.9 Å². The standard InChI is InChI=1S/C30H35NO4/c1-22-13-16-29(21-23(22)2)31(28-17-14-26(15-18-28)9-7-19-34-24(3)32)30-12-6-5-10-27(30)11-8-20-35-25(4)33/h5-6,10,12-18,21H,7-9,11,19-20H2,1-4H3. The zero-order valence-electron chi connectivity index (χ0n) is 21.2. The largest absolute Gasteiger partial charge is 0.466 e. The first-order valence-electron chi connectivity index (χ1n) is 12.2. The van der Waals surface area contributed by atoms with E-state index in [1.54, 1.807) is 0 Å². The first-order chi connectivity index (χ1) is 16.8. The molecule has 3 aromatic carbocycles. The van der Waals surface area contributed by atoms with E-state index in [4.69, 9.17) is 9.47 Å². The number of para-hydroxylation sites is 1. The van der Waals surface area contributed by atoms with Crippen LogP contribution in [0.4, 0.5) is 17.1 Å². The summed E-state index contributed by atoms with van der Waals surface area (Å²) in [6, 6.07) is 23.5. The van der Waals surface area contributed by atoms with Crippen LogP contribution >= 0.6 is 0 Å². The van der Waals surface area contributed by atoms with Gasteiger partial charge in [-0.2, -0.15) is 0 Å². The number of hydrogen-bond acceptors (Lipinski definition) is 5. The molecule has 0 amide bonds. The highest BCUT2D eigenvalue weighted by Gasteiger charge is 2.16. The third-order valence-corrected chi connectivity index (χ3v) is 5.99. The zero-order chi connectivity index (χ0) is 25.2. The third-order valence-electron chi connectivity index (χ3n) is 5.99. The van der Waals surface area contributed by atoms with Crippen LogP contribution in [0.25, 0.3) is 0 Å². The van der Waals surface area contributed by atoms with Gasteiger partial charge in [0.05, 0.1) is 13.2 Å². The van der Waals surface area contributed by atoms with Crippen LogP contribution in [0, 0.1) is 13.8 Å². The highest BCUT2D eigenvalue weighted by Crippen LogP contribution is 2.38. The number of rotatable bonds is 11. The lowest BCUT2D eigenvalue weighted by Gasteiger charge is -2.28. The Balaban J connectivity index is 1.89. The molecule has 0 aliphatic heterocycles. The molecule has 0 saturated heterocycles. The van der Waals surface area contributed by atoms with Crippen molar-refractivity contribution < 1.29 is 19.1 Å². The van der Waals surface area contributed by atoms with Crippen molar-refractivity contribution >= 4 is 29.0 Å². The molecule has 184 valence electrons. The Morgan fingerprint density at radius 1 is 0.714 bits per heavy atom. The van der Waals surface area contributed by atoms with Crippen molar-refractivity contribution in [3.8, 4) is 0 Å². The highest BCUT2D eigenvalue weighted by molar-refractivity contribution is 5.79. The first-order valence-corrected chi connectivity index (χ1v) is 12.2. The van der Waals surface area contributed by atoms with Crippen molar-refractivity contribution in [2.24, 2.45) is 0 Å². The maximum atomic E-state index is 11.1. The number of carbonyl (C=O) groups is 2. The van der Waals surface area contributed by atoms with Gasteiger partial charge in [0.2, 0.25) is 0 Å². The number of nitrogens with zero attached hydrogens (tertiary/aromatic N) is 1. The summed E-state index contributed by atoms with van der Waals surface area (Å²) in [6.45, 7) is 7.98. The van der Waals surface area contributed by atoms with Crippen LogP contribution in [-0.4, -0.2) is 25.2 Å². The van der Waals surface area contributed by atoms with Crippen molar-refractivity contribution in [2.45, 2.75) is 53.4 Å². The van der Waals surface area contributed by atoms with Gasteiger partial charge in [-0.15, -0.1) is 0 Å². The van der Waals surface area contributed by atoms with Gasteiger partial charge in [-0.25, -0.2) is 0 Å². The molecular weight excluding hydrogens is 438 g/mol. The van der Waals surface area contributed by atoms with E-state index < -0.39 is 0 Å². The second-order valence-electron chi connectivity index (χ2n) is 8.79. The van der Waals surface area contributed by atoms with Crippen LogP contribution in [0.1, 0.15) is 48.9 Å². The van der Waals surface area contributed by atoms with Crippen LogP contribution < -0.4 is 4.90 Å². The van der Waals surface area contributed by atoms with Crippen molar-refractivity contribution in [1.29, 1.82) is 0 Å². The lowest BCUT2D eigenvalue weighted by Crippen LogP contribution is -2.13. The minimum absolute atomic E-state index is 0.240. The molecule has 0 saturated carbocycles. The van der Waals surface area contributed by atoms with Crippen molar-refractivity contribution in [3.63, 3.8) is 0 Å². The third kappa shape index (κ3) is 7.71. The van der Waals surface area contributed by atoms with Gasteiger partial charge in [0.25, 0.3) is 0 Å². The van der Waals surface area contributed by atoms with E-state index in [2.05, 4.69) is 85.5 Å². The average Bonchev–Trinajstić information content (AvgIpc) is 2.83. The molecule has 5 nitrogen and oxygen atoms in total. The van der Waals surface area contributed by atoms with Crippen molar-refractivity contribution in [2.75, 3.05) is 18.1 Å². The first kappa shape index (κ1) is 26.0. The van der Waals surface area contributed by atoms with E-state index in [1.165, 1.54) is 36.1 Å². The van der Waals surface area contributed by atoms with Gasteiger partial charge in [-0.1, -0.05) is 36.4 Å². The predicted molar refractivity (Wildman–Crippen MR) is 141 cm³/mol.